The minimum absolute atomic E-state index is 0.705. The lowest BCUT2D eigenvalue weighted by atomic mass is 9.94. The maximum absolute atomic E-state index is 3.52. The highest BCUT2D eigenvalue weighted by Gasteiger charge is 2.28. The number of piperidine rings is 1. The number of likely N-dealkylation sites (tertiary alicyclic amines) is 1. The van der Waals surface area contributed by atoms with Crippen LogP contribution in [0.25, 0.3) is 0 Å². The van der Waals surface area contributed by atoms with Crippen molar-refractivity contribution in [1.29, 1.82) is 0 Å². The summed E-state index contributed by atoms with van der Waals surface area (Å²) < 4.78 is 0. The van der Waals surface area contributed by atoms with Crippen molar-refractivity contribution in [2.45, 2.75) is 72.5 Å². The fraction of sp³-hybridized carbons (Fsp3) is 1.00. The monoisotopic (exact) mass is 283 g/mol. The molecular weight excluding hydrogens is 246 g/mol. The summed E-state index contributed by atoms with van der Waals surface area (Å²) in [5, 5.41) is 3.52. The first-order valence-corrected chi connectivity index (χ1v) is 8.78. The molecule has 0 radical (unpaired) electrons. The predicted octanol–water partition coefficient (Wildman–Crippen LogP) is 2.82. The van der Waals surface area contributed by atoms with Crippen LogP contribution in [0.3, 0.4) is 0 Å². The number of hydrogen-bond acceptors (Lipinski definition) is 3. The number of rotatable bonds is 3. The van der Waals surface area contributed by atoms with Crippen LogP contribution >= 0.6 is 0 Å². The Morgan fingerprint density at radius 2 is 1.50 bits per heavy atom. The molecule has 120 valence electrons. The Kier molecular flexibility index (Phi) is 8.08. The van der Waals surface area contributed by atoms with Crippen LogP contribution in [0.5, 0.6) is 0 Å². The van der Waals surface area contributed by atoms with E-state index in [0.717, 1.165) is 25.0 Å². The molecule has 1 N–H and O–H groups in total. The molecule has 20 heavy (non-hydrogen) atoms. The summed E-state index contributed by atoms with van der Waals surface area (Å²) in [6, 6.07) is 2.14. The average Bonchev–Trinajstić information content (AvgIpc) is 2.46. The molecule has 2 atom stereocenters. The molecule has 2 aliphatic heterocycles. The molecule has 2 rings (SSSR count). The third-order valence-corrected chi connectivity index (χ3v) is 4.86. The molecule has 0 amide bonds. The first-order valence-electron chi connectivity index (χ1n) is 8.78. The van der Waals surface area contributed by atoms with Gasteiger partial charge in [-0.3, -0.25) is 4.90 Å². The van der Waals surface area contributed by atoms with E-state index < -0.39 is 0 Å². The third-order valence-electron chi connectivity index (χ3n) is 4.86. The number of hydrogen-bond donors (Lipinski definition) is 1. The van der Waals surface area contributed by atoms with Crippen LogP contribution in [0.15, 0.2) is 0 Å². The first-order chi connectivity index (χ1) is 9.58. The van der Waals surface area contributed by atoms with Crippen LogP contribution in [-0.4, -0.2) is 60.6 Å². The van der Waals surface area contributed by atoms with Crippen LogP contribution in [-0.2, 0) is 0 Å². The van der Waals surface area contributed by atoms with E-state index in [-0.39, 0.29) is 0 Å². The average molecular weight is 284 g/mol. The maximum atomic E-state index is 3.52. The Hall–Kier alpha value is -0.120. The molecule has 0 aromatic heterocycles. The summed E-state index contributed by atoms with van der Waals surface area (Å²) >= 11 is 0. The zero-order valence-corrected chi connectivity index (χ0v) is 14.7. The Morgan fingerprint density at radius 1 is 1.00 bits per heavy atom. The van der Waals surface area contributed by atoms with Crippen molar-refractivity contribution in [3.05, 3.63) is 0 Å². The summed E-state index contributed by atoms with van der Waals surface area (Å²) in [7, 11) is 0. The van der Waals surface area contributed by atoms with E-state index >= 15 is 0 Å². The van der Waals surface area contributed by atoms with Crippen LogP contribution in [0.2, 0.25) is 0 Å². The predicted molar refractivity (Wildman–Crippen MR) is 89.3 cm³/mol. The van der Waals surface area contributed by atoms with Gasteiger partial charge in [0.25, 0.3) is 0 Å². The second-order valence-electron chi connectivity index (χ2n) is 6.63. The van der Waals surface area contributed by atoms with Crippen LogP contribution in [0.1, 0.15) is 54.4 Å². The van der Waals surface area contributed by atoms with Gasteiger partial charge in [-0.1, -0.05) is 13.8 Å². The van der Waals surface area contributed by atoms with Gasteiger partial charge in [-0.2, -0.15) is 0 Å². The fourth-order valence-electron chi connectivity index (χ4n) is 3.48. The number of nitrogens with one attached hydrogen (secondary N) is 1. The second kappa shape index (κ2) is 9.01. The van der Waals surface area contributed by atoms with Crippen LogP contribution in [0.4, 0.5) is 0 Å². The SMILES string of the molecule is CC.CC(C)N1CCC(CN2C(C)CNCC2C)CC1. The molecule has 2 heterocycles. The summed E-state index contributed by atoms with van der Waals surface area (Å²) in [5.41, 5.74) is 0. The van der Waals surface area contributed by atoms with Crippen molar-refractivity contribution in [3.63, 3.8) is 0 Å². The van der Waals surface area contributed by atoms with E-state index in [0.29, 0.717) is 12.1 Å². The van der Waals surface area contributed by atoms with E-state index in [9.17, 15) is 0 Å². The van der Waals surface area contributed by atoms with E-state index in [4.69, 9.17) is 0 Å². The normalized spacial score (nSPS) is 30.1. The fourth-order valence-corrected chi connectivity index (χ4v) is 3.48. The summed E-state index contributed by atoms with van der Waals surface area (Å²) in [6.07, 6.45) is 2.78. The van der Waals surface area contributed by atoms with Crippen LogP contribution in [0, 0.1) is 5.92 Å². The van der Waals surface area contributed by atoms with E-state index in [1.54, 1.807) is 0 Å². The Bertz CT molecular complexity index is 237. The minimum Gasteiger partial charge on any atom is -0.314 e. The molecule has 3 nitrogen and oxygen atoms in total. The van der Waals surface area contributed by atoms with Gasteiger partial charge in [-0.15, -0.1) is 0 Å². The van der Waals surface area contributed by atoms with Crippen LogP contribution < -0.4 is 5.32 Å². The van der Waals surface area contributed by atoms with Gasteiger partial charge in [0.1, 0.15) is 0 Å². The minimum atomic E-state index is 0.705. The van der Waals surface area contributed by atoms with Crippen molar-refractivity contribution in [2.75, 3.05) is 32.7 Å². The van der Waals surface area contributed by atoms with E-state index in [1.807, 2.05) is 13.8 Å². The molecule has 0 spiro atoms. The molecule has 0 bridgehead atoms. The molecule has 0 saturated carbocycles. The van der Waals surface area contributed by atoms with E-state index in [1.165, 1.54) is 32.5 Å². The van der Waals surface area contributed by atoms with Crippen molar-refractivity contribution >= 4 is 0 Å². The molecule has 2 unspecified atom stereocenters. The molecule has 2 fully saturated rings. The molecule has 0 aliphatic carbocycles. The lowest BCUT2D eigenvalue weighted by Gasteiger charge is -2.43. The highest BCUT2D eigenvalue weighted by molar-refractivity contribution is 4.85. The van der Waals surface area contributed by atoms with E-state index in [2.05, 4.69) is 42.8 Å². The Morgan fingerprint density at radius 3 is 1.95 bits per heavy atom. The molecular formula is C17H37N3. The van der Waals surface area contributed by atoms with Crippen molar-refractivity contribution in [3.8, 4) is 0 Å². The molecule has 0 aromatic rings. The number of piperazine rings is 1. The lowest BCUT2D eigenvalue weighted by Crippen LogP contribution is -2.56. The summed E-state index contributed by atoms with van der Waals surface area (Å²) in [4.78, 5) is 5.35. The van der Waals surface area contributed by atoms with Gasteiger partial charge in [-0.25, -0.2) is 0 Å². The van der Waals surface area contributed by atoms with Gasteiger partial charge in [0.2, 0.25) is 0 Å². The Balaban J connectivity index is 0.000000956. The van der Waals surface area contributed by atoms with Gasteiger partial charge in [0.05, 0.1) is 0 Å². The van der Waals surface area contributed by atoms with Crippen molar-refractivity contribution in [2.24, 2.45) is 5.92 Å². The first kappa shape index (κ1) is 17.9. The molecule has 2 saturated heterocycles. The van der Waals surface area contributed by atoms with Gasteiger partial charge in [0.15, 0.2) is 0 Å². The topological polar surface area (TPSA) is 18.5 Å². The summed E-state index contributed by atoms with van der Waals surface area (Å²) in [5.74, 6) is 0.919. The summed E-state index contributed by atoms with van der Waals surface area (Å²) in [6.45, 7) is 19.6. The van der Waals surface area contributed by atoms with Gasteiger partial charge >= 0.3 is 0 Å². The largest absolute Gasteiger partial charge is 0.314 e. The molecule has 0 aromatic carbocycles. The highest BCUT2D eigenvalue weighted by Crippen LogP contribution is 2.22. The lowest BCUT2D eigenvalue weighted by molar-refractivity contribution is 0.0671. The Labute approximate surface area is 127 Å². The number of nitrogens with zero attached hydrogens (tertiary/aromatic N) is 2. The van der Waals surface area contributed by atoms with Crippen molar-refractivity contribution < 1.29 is 0 Å². The van der Waals surface area contributed by atoms with Gasteiger partial charge in [0, 0.05) is 37.8 Å². The van der Waals surface area contributed by atoms with Crippen molar-refractivity contribution in [1.82, 2.24) is 15.1 Å². The zero-order chi connectivity index (χ0) is 15.1. The van der Waals surface area contributed by atoms with Gasteiger partial charge in [-0.05, 0) is 59.5 Å². The second-order valence-corrected chi connectivity index (χ2v) is 6.63. The maximum Gasteiger partial charge on any atom is 0.0195 e. The smallest absolute Gasteiger partial charge is 0.0195 e. The molecule has 3 heteroatoms. The van der Waals surface area contributed by atoms with Gasteiger partial charge < -0.3 is 10.2 Å². The quantitative estimate of drug-likeness (QED) is 0.859. The standard InChI is InChI=1S/C15H31N3.C2H6/c1-12(2)17-7-5-15(6-8-17)11-18-13(3)9-16-10-14(18)4;1-2/h12-16H,5-11H2,1-4H3;1-2H3. The highest BCUT2D eigenvalue weighted by atomic mass is 15.2. The zero-order valence-electron chi connectivity index (χ0n) is 14.7. The third kappa shape index (κ3) is 5.01. The molecule has 2 aliphatic rings.